The summed E-state index contributed by atoms with van der Waals surface area (Å²) in [5.41, 5.74) is 1.65. The predicted molar refractivity (Wildman–Crippen MR) is 128 cm³/mol. The van der Waals surface area contributed by atoms with Crippen LogP contribution < -0.4 is 0 Å². The molecule has 2 nitrogen and oxygen atoms in total. The average molecular weight is 429 g/mol. The summed E-state index contributed by atoms with van der Waals surface area (Å²) in [7, 11) is 0. The molecule has 0 aromatic carbocycles. The summed E-state index contributed by atoms with van der Waals surface area (Å²) < 4.78 is 0. The summed E-state index contributed by atoms with van der Waals surface area (Å²) in [4.78, 5) is 0. The fourth-order valence-corrected chi connectivity index (χ4v) is 9.62. The van der Waals surface area contributed by atoms with Crippen molar-refractivity contribution in [2.24, 2.45) is 46.3 Å². The van der Waals surface area contributed by atoms with Crippen molar-refractivity contribution in [2.45, 2.75) is 123 Å². The molecule has 2 N–H and O–H groups in total. The molecule has 1 unspecified atom stereocenters. The molecule has 0 aromatic heterocycles. The van der Waals surface area contributed by atoms with Crippen LogP contribution in [0, 0.1) is 46.3 Å². The molecule has 4 fully saturated rings. The molecule has 5 aliphatic carbocycles. The Balaban J connectivity index is 1.29. The molecule has 0 spiro atoms. The van der Waals surface area contributed by atoms with E-state index in [9.17, 15) is 10.2 Å². The van der Waals surface area contributed by atoms with Gasteiger partial charge in [-0.15, -0.1) is 0 Å². The van der Waals surface area contributed by atoms with E-state index < -0.39 is 5.60 Å². The maximum Gasteiger partial charge on any atom is 0.0678 e. The van der Waals surface area contributed by atoms with Crippen LogP contribution in [0.4, 0.5) is 0 Å². The normalized spacial score (nSPS) is 54.4. The van der Waals surface area contributed by atoms with E-state index in [4.69, 9.17) is 0 Å². The first-order valence-electron chi connectivity index (χ1n) is 13.7. The van der Waals surface area contributed by atoms with E-state index in [-0.39, 0.29) is 5.60 Å². The Labute approximate surface area is 191 Å². The first-order chi connectivity index (χ1) is 14.5. The second-order valence-electron chi connectivity index (χ2n) is 13.6. The quantitative estimate of drug-likeness (QED) is 0.468. The van der Waals surface area contributed by atoms with Crippen molar-refractivity contribution >= 4 is 0 Å². The van der Waals surface area contributed by atoms with Gasteiger partial charge in [0.15, 0.2) is 0 Å². The van der Waals surface area contributed by atoms with Crippen LogP contribution in [0.3, 0.4) is 0 Å². The van der Waals surface area contributed by atoms with E-state index in [1.165, 1.54) is 51.4 Å². The SMILES string of the molecule is CC[C@]1(O)CC1CC[C@@H](C)[C@H]1CC[C@H]2[C@@H]3CC=C4C[C@@](C)(O)CC[C@]4(C)[C@H]3CC[C@]12C. The number of hydrogen-bond donors (Lipinski definition) is 2. The standard InChI is InChI=1S/C29H48O2/c1-6-29(31)18-21(29)8-7-19(2)23-11-12-24-22-10-9-20-17-26(3,30)15-16-27(20,4)25(22)13-14-28(23,24)5/h9,19,21-25,30-31H,6-8,10-18H2,1-5H3/t19-,21?,22+,23-,24+,25+,26+,27+,28-,29+/m1/s1. The lowest BCUT2D eigenvalue weighted by molar-refractivity contribution is -0.0706. The van der Waals surface area contributed by atoms with Crippen molar-refractivity contribution in [2.75, 3.05) is 0 Å². The van der Waals surface area contributed by atoms with Gasteiger partial charge in [-0.1, -0.05) is 45.8 Å². The van der Waals surface area contributed by atoms with Crippen LogP contribution >= 0.6 is 0 Å². The van der Waals surface area contributed by atoms with Crippen LogP contribution in [0.25, 0.3) is 0 Å². The lowest BCUT2D eigenvalue weighted by Gasteiger charge is -2.59. The monoisotopic (exact) mass is 428 g/mol. The number of fused-ring (bicyclic) bond motifs is 5. The third kappa shape index (κ3) is 3.49. The molecular weight excluding hydrogens is 380 g/mol. The lowest BCUT2D eigenvalue weighted by atomic mass is 9.46. The van der Waals surface area contributed by atoms with Gasteiger partial charge in [0.25, 0.3) is 0 Å². The summed E-state index contributed by atoms with van der Waals surface area (Å²) in [6.07, 6.45) is 17.1. The van der Waals surface area contributed by atoms with Crippen molar-refractivity contribution in [3.8, 4) is 0 Å². The smallest absolute Gasteiger partial charge is 0.0678 e. The number of rotatable bonds is 5. The predicted octanol–water partition coefficient (Wildman–Crippen LogP) is 6.89. The van der Waals surface area contributed by atoms with Crippen LogP contribution in [0.15, 0.2) is 11.6 Å². The molecule has 0 aliphatic heterocycles. The third-order valence-electron chi connectivity index (χ3n) is 11.9. The minimum atomic E-state index is -0.485. The number of allylic oxidation sites excluding steroid dienone is 1. The van der Waals surface area contributed by atoms with Crippen LogP contribution in [0.5, 0.6) is 0 Å². The summed E-state index contributed by atoms with van der Waals surface area (Å²) >= 11 is 0. The van der Waals surface area contributed by atoms with E-state index in [1.54, 1.807) is 5.57 Å². The molecule has 0 heterocycles. The molecule has 0 aromatic rings. The highest BCUT2D eigenvalue weighted by Crippen LogP contribution is 2.68. The summed E-state index contributed by atoms with van der Waals surface area (Å²) in [5, 5.41) is 21.2. The van der Waals surface area contributed by atoms with Gasteiger partial charge in [0.1, 0.15) is 0 Å². The van der Waals surface area contributed by atoms with Gasteiger partial charge in [0.2, 0.25) is 0 Å². The zero-order valence-corrected chi connectivity index (χ0v) is 20.9. The Bertz CT molecular complexity index is 739. The van der Waals surface area contributed by atoms with Crippen LogP contribution in [0.2, 0.25) is 0 Å². The highest BCUT2D eigenvalue weighted by Gasteiger charge is 2.60. The van der Waals surface area contributed by atoms with Crippen LogP contribution in [0.1, 0.15) is 112 Å². The Morgan fingerprint density at radius 2 is 1.81 bits per heavy atom. The maximum atomic E-state index is 10.7. The molecule has 4 saturated carbocycles. The van der Waals surface area contributed by atoms with E-state index in [2.05, 4.69) is 33.8 Å². The Morgan fingerprint density at radius 1 is 1.03 bits per heavy atom. The summed E-state index contributed by atoms with van der Waals surface area (Å²) in [5.74, 6) is 4.83. The molecule has 0 bridgehead atoms. The summed E-state index contributed by atoms with van der Waals surface area (Å²) in [6, 6.07) is 0. The minimum absolute atomic E-state index is 0.313. The summed E-state index contributed by atoms with van der Waals surface area (Å²) in [6.45, 7) is 11.9. The number of hydrogen-bond acceptors (Lipinski definition) is 2. The zero-order valence-electron chi connectivity index (χ0n) is 20.9. The minimum Gasteiger partial charge on any atom is -0.390 e. The fourth-order valence-electron chi connectivity index (χ4n) is 9.62. The Morgan fingerprint density at radius 3 is 2.52 bits per heavy atom. The van der Waals surface area contributed by atoms with Crippen molar-refractivity contribution < 1.29 is 10.2 Å². The highest BCUT2D eigenvalue weighted by molar-refractivity contribution is 5.26. The van der Waals surface area contributed by atoms with Gasteiger partial charge in [-0.25, -0.2) is 0 Å². The first kappa shape index (κ1) is 22.5. The van der Waals surface area contributed by atoms with E-state index in [0.717, 1.165) is 55.3 Å². The molecule has 0 radical (unpaired) electrons. The molecule has 10 atom stereocenters. The van der Waals surface area contributed by atoms with E-state index in [1.807, 2.05) is 6.92 Å². The topological polar surface area (TPSA) is 40.5 Å². The largest absolute Gasteiger partial charge is 0.390 e. The fraction of sp³-hybridized carbons (Fsp3) is 0.931. The van der Waals surface area contributed by atoms with E-state index in [0.29, 0.717) is 16.7 Å². The van der Waals surface area contributed by atoms with Crippen molar-refractivity contribution in [1.82, 2.24) is 0 Å². The zero-order chi connectivity index (χ0) is 22.2. The third-order valence-corrected chi connectivity index (χ3v) is 11.9. The highest BCUT2D eigenvalue weighted by atomic mass is 16.3. The van der Waals surface area contributed by atoms with Gasteiger partial charge in [0.05, 0.1) is 11.2 Å². The molecule has 0 amide bonds. The molecule has 5 rings (SSSR count). The van der Waals surface area contributed by atoms with Gasteiger partial charge >= 0.3 is 0 Å². The van der Waals surface area contributed by atoms with Gasteiger partial charge in [-0.2, -0.15) is 0 Å². The van der Waals surface area contributed by atoms with Gasteiger partial charge in [-0.05, 0) is 124 Å². The van der Waals surface area contributed by atoms with E-state index >= 15 is 0 Å². The first-order valence-corrected chi connectivity index (χ1v) is 13.7. The molecular formula is C29H48O2. The van der Waals surface area contributed by atoms with Gasteiger partial charge in [-0.3, -0.25) is 0 Å². The second-order valence-corrected chi connectivity index (χ2v) is 13.6. The lowest BCUT2D eigenvalue weighted by Crippen LogP contribution is -2.52. The van der Waals surface area contributed by atoms with Crippen LogP contribution in [-0.4, -0.2) is 21.4 Å². The van der Waals surface area contributed by atoms with Crippen molar-refractivity contribution in [3.05, 3.63) is 11.6 Å². The second kappa shape index (κ2) is 7.33. The molecule has 176 valence electrons. The van der Waals surface area contributed by atoms with Crippen LogP contribution in [-0.2, 0) is 0 Å². The molecule has 2 heteroatoms. The van der Waals surface area contributed by atoms with Gasteiger partial charge < -0.3 is 10.2 Å². The maximum absolute atomic E-state index is 10.7. The Hall–Kier alpha value is -0.340. The number of aliphatic hydroxyl groups is 2. The van der Waals surface area contributed by atoms with Crippen molar-refractivity contribution in [1.29, 1.82) is 0 Å². The average Bonchev–Trinajstić information content (AvgIpc) is 3.24. The molecule has 0 saturated heterocycles. The van der Waals surface area contributed by atoms with Crippen molar-refractivity contribution in [3.63, 3.8) is 0 Å². The van der Waals surface area contributed by atoms with Gasteiger partial charge in [0, 0.05) is 0 Å². The Kier molecular flexibility index (Phi) is 5.31. The molecule has 31 heavy (non-hydrogen) atoms. The molecule has 5 aliphatic rings.